The Hall–Kier alpha value is -1.49. The number of carboxylic acid groups (broad SMARTS) is 1. The highest BCUT2D eigenvalue weighted by Crippen LogP contribution is 2.03. The van der Waals surface area contributed by atoms with Crippen LogP contribution < -0.4 is 5.32 Å². The molecule has 1 rings (SSSR count). The molecule has 4 nitrogen and oxygen atoms in total. The maximum absolute atomic E-state index is 11.7. The van der Waals surface area contributed by atoms with Gasteiger partial charge in [-0.05, 0) is 19.1 Å². The van der Waals surface area contributed by atoms with Crippen LogP contribution in [0.2, 0.25) is 0 Å². The number of carbonyl (C=O) groups is 2. The van der Waals surface area contributed by atoms with E-state index < -0.39 is 5.97 Å². The first-order valence-corrected chi connectivity index (χ1v) is 6.39. The van der Waals surface area contributed by atoms with Gasteiger partial charge >= 0.3 is 5.97 Å². The SMILES string of the molecule is Cc1cccc(C(=O)NCCSCC(=O)O)c1. The van der Waals surface area contributed by atoms with Crippen LogP contribution in [0.15, 0.2) is 24.3 Å². The Morgan fingerprint density at radius 3 is 2.82 bits per heavy atom. The van der Waals surface area contributed by atoms with Crippen molar-refractivity contribution in [1.82, 2.24) is 5.32 Å². The number of hydrogen-bond acceptors (Lipinski definition) is 3. The van der Waals surface area contributed by atoms with Gasteiger partial charge < -0.3 is 10.4 Å². The van der Waals surface area contributed by atoms with E-state index in [1.54, 1.807) is 6.07 Å². The minimum atomic E-state index is -0.833. The third-order valence-electron chi connectivity index (χ3n) is 2.04. The minimum Gasteiger partial charge on any atom is -0.481 e. The minimum absolute atomic E-state index is 0.0698. The molecule has 17 heavy (non-hydrogen) atoms. The number of carbonyl (C=O) groups excluding carboxylic acids is 1. The average Bonchev–Trinajstić information content (AvgIpc) is 2.28. The van der Waals surface area contributed by atoms with Crippen molar-refractivity contribution in [3.8, 4) is 0 Å². The second-order valence-electron chi connectivity index (χ2n) is 3.57. The first kappa shape index (κ1) is 13.6. The summed E-state index contributed by atoms with van der Waals surface area (Å²) in [4.78, 5) is 21.9. The van der Waals surface area contributed by atoms with Gasteiger partial charge in [-0.3, -0.25) is 9.59 Å². The van der Waals surface area contributed by atoms with Crippen LogP contribution in [0.1, 0.15) is 15.9 Å². The molecule has 0 spiro atoms. The van der Waals surface area contributed by atoms with Gasteiger partial charge in [-0.2, -0.15) is 0 Å². The molecule has 0 aromatic heterocycles. The van der Waals surface area contributed by atoms with Crippen LogP contribution in [0.3, 0.4) is 0 Å². The fourth-order valence-electron chi connectivity index (χ4n) is 1.28. The number of nitrogens with one attached hydrogen (secondary N) is 1. The van der Waals surface area contributed by atoms with Crippen molar-refractivity contribution in [3.05, 3.63) is 35.4 Å². The monoisotopic (exact) mass is 253 g/mol. The van der Waals surface area contributed by atoms with Gasteiger partial charge in [0.2, 0.25) is 0 Å². The smallest absolute Gasteiger partial charge is 0.313 e. The van der Waals surface area contributed by atoms with Crippen molar-refractivity contribution in [2.45, 2.75) is 6.92 Å². The number of benzene rings is 1. The van der Waals surface area contributed by atoms with Crippen molar-refractivity contribution >= 4 is 23.6 Å². The summed E-state index contributed by atoms with van der Waals surface area (Å²) >= 11 is 1.29. The van der Waals surface area contributed by atoms with Crippen LogP contribution in [0.25, 0.3) is 0 Å². The molecule has 92 valence electrons. The molecule has 0 radical (unpaired) electrons. The largest absolute Gasteiger partial charge is 0.481 e. The molecular weight excluding hydrogens is 238 g/mol. The highest BCUT2D eigenvalue weighted by molar-refractivity contribution is 7.99. The molecule has 2 N–H and O–H groups in total. The second kappa shape index (κ2) is 6.96. The predicted octanol–water partition coefficient (Wildman–Crippen LogP) is 1.54. The summed E-state index contributed by atoms with van der Waals surface area (Å²) in [6.07, 6.45) is 0. The maximum Gasteiger partial charge on any atom is 0.313 e. The lowest BCUT2D eigenvalue weighted by molar-refractivity contribution is -0.133. The Kier molecular flexibility index (Phi) is 5.56. The topological polar surface area (TPSA) is 66.4 Å². The zero-order chi connectivity index (χ0) is 12.7. The Labute approximate surface area is 104 Å². The first-order valence-electron chi connectivity index (χ1n) is 5.24. The van der Waals surface area contributed by atoms with Crippen LogP contribution in [0, 0.1) is 6.92 Å². The number of aryl methyl sites for hydroxylation is 1. The number of rotatable bonds is 6. The molecule has 1 amide bonds. The van der Waals surface area contributed by atoms with Gasteiger partial charge in [-0.15, -0.1) is 11.8 Å². The van der Waals surface area contributed by atoms with Gasteiger partial charge in [0.05, 0.1) is 5.75 Å². The molecule has 0 aliphatic rings. The number of thioether (sulfide) groups is 1. The van der Waals surface area contributed by atoms with Gasteiger partial charge in [0.15, 0.2) is 0 Å². The molecule has 0 heterocycles. The van der Waals surface area contributed by atoms with Crippen molar-refractivity contribution in [2.24, 2.45) is 0 Å². The lowest BCUT2D eigenvalue weighted by Gasteiger charge is -2.05. The summed E-state index contributed by atoms with van der Waals surface area (Å²) in [7, 11) is 0. The van der Waals surface area contributed by atoms with Crippen molar-refractivity contribution in [2.75, 3.05) is 18.1 Å². The van der Waals surface area contributed by atoms with E-state index in [0.717, 1.165) is 5.56 Å². The van der Waals surface area contributed by atoms with Gasteiger partial charge in [0, 0.05) is 17.9 Å². The zero-order valence-electron chi connectivity index (χ0n) is 9.60. The lowest BCUT2D eigenvalue weighted by atomic mass is 10.1. The van der Waals surface area contributed by atoms with Crippen LogP contribution in [-0.2, 0) is 4.79 Å². The molecule has 1 aromatic rings. The summed E-state index contributed by atoms with van der Waals surface area (Å²) in [5.41, 5.74) is 1.67. The molecule has 0 aliphatic carbocycles. The van der Waals surface area contributed by atoms with Crippen LogP contribution >= 0.6 is 11.8 Å². The molecule has 5 heteroatoms. The zero-order valence-corrected chi connectivity index (χ0v) is 10.4. The van der Waals surface area contributed by atoms with E-state index in [1.165, 1.54) is 11.8 Å². The molecule has 0 saturated heterocycles. The molecule has 0 bridgehead atoms. The van der Waals surface area contributed by atoms with E-state index in [9.17, 15) is 9.59 Å². The number of carboxylic acids is 1. The highest BCUT2D eigenvalue weighted by atomic mass is 32.2. The number of hydrogen-bond donors (Lipinski definition) is 2. The molecule has 0 aliphatic heterocycles. The molecule has 1 aromatic carbocycles. The van der Waals surface area contributed by atoms with E-state index in [4.69, 9.17) is 5.11 Å². The van der Waals surface area contributed by atoms with E-state index in [-0.39, 0.29) is 11.7 Å². The Balaban J connectivity index is 2.28. The van der Waals surface area contributed by atoms with Crippen LogP contribution in [0.4, 0.5) is 0 Å². The fourth-order valence-corrected chi connectivity index (χ4v) is 1.85. The third kappa shape index (κ3) is 5.40. The summed E-state index contributed by atoms with van der Waals surface area (Å²) in [6, 6.07) is 7.34. The normalized spacial score (nSPS) is 9.94. The molecule has 0 saturated carbocycles. The number of amides is 1. The molecule has 0 unspecified atom stereocenters. The summed E-state index contributed by atoms with van der Waals surface area (Å²) in [5, 5.41) is 11.2. The van der Waals surface area contributed by atoms with Gasteiger partial charge in [-0.1, -0.05) is 17.7 Å². The summed E-state index contributed by atoms with van der Waals surface area (Å²) in [6.45, 7) is 2.41. The van der Waals surface area contributed by atoms with Crippen molar-refractivity contribution in [1.29, 1.82) is 0 Å². The summed E-state index contributed by atoms with van der Waals surface area (Å²) in [5.74, 6) is -0.283. The molecule has 0 atom stereocenters. The van der Waals surface area contributed by atoms with E-state index in [1.807, 2.05) is 25.1 Å². The lowest BCUT2D eigenvalue weighted by Crippen LogP contribution is -2.26. The first-order chi connectivity index (χ1) is 8.09. The fraction of sp³-hybridized carbons (Fsp3) is 0.333. The number of aliphatic carboxylic acids is 1. The van der Waals surface area contributed by atoms with E-state index in [2.05, 4.69) is 5.32 Å². The summed E-state index contributed by atoms with van der Waals surface area (Å²) < 4.78 is 0. The molecule has 0 fully saturated rings. The Bertz CT molecular complexity index is 406. The van der Waals surface area contributed by atoms with Gasteiger partial charge in [0.25, 0.3) is 5.91 Å². The van der Waals surface area contributed by atoms with Gasteiger partial charge in [-0.25, -0.2) is 0 Å². The van der Waals surface area contributed by atoms with E-state index in [0.29, 0.717) is 17.9 Å². The molecular formula is C12H15NO3S. The second-order valence-corrected chi connectivity index (χ2v) is 4.68. The maximum atomic E-state index is 11.7. The van der Waals surface area contributed by atoms with Crippen molar-refractivity contribution < 1.29 is 14.7 Å². The Morgan fingerprint density at radius 2 is 2.18 bits per heavy atom. The van der Waals surface area contributed by atoms with E-state index >= 15 is 0 Å². The quantitative estimate of drug-likeness (QED) is 0.755. The van der Waals surface area contributed by atoms with Crippen LogP contribution in [0.5, 0.6) is 0 Å². The Morgan fingerprint density at radius 1 is 1.41 bits per heavy atom. The van der Waals surface area contributed by atoms with Crippen LogP contribution in [-0.4, -0.2) is 35.0 Å². The highest BCUT2D eigenvalue weighted by Gasteiger charge is 2.04. The predicted molar refractivity (Wildman–Crippen MR) is 68.5 cm³/mol. The van der Waals surface area contributed by atoms with Crippen molar-refractivity contribution in [3.63, 3.8) is 0 Å². The van der Waals surface area contributed by atoms with Gasteiger partial charge in [0.1, 0.15) is 0 Å². The standard InChI is InChI=1S/C12H15NO3S/c1-9-3-2-4-10(7-9)12(16)13-5-6-17-8-11(14)15/h2-4,7H,5-6,8H2,1H3,(H,13,16)(H,14,15). The third-order valence-corrected chi connectivity index (χ3v) is 2.98. The average molecular weight is 253 g/mol.